The van der Waals surface area contributed by atoms with Crippen LogP contribution in [0.2, 0.25) is 0 Å². The number of aliphatic hydroxyl groups is 1. The Morgan fingerprint density at radius 3 is 2.71 bits per heavy atom. The zero-order valence-electron chi connectivity index (χ0n) is 8.41. The lowest BCUT2D eigenvalue weighted by Crippen LogP contribution is -2.36. The first-order valence-electron chi connectivity index (χ1n) is 4.43. The highest BCUT2D eigenvalue weighted by molar-refractivity contribution is 5.93. The molecule has 92 valence electrons. The molecule has 0 unspecified atom stereocenters. The number of aliphatic hydroxyl groups excluding tert-OH is 1. The van der Waals surface area contributed by atoms with Crippen molar-refractivity contribution in [3.63, 3.8) is 0 Å². The summed E-state index contributed by atoms with van der Waals surface area (Å²) < 4.78 is 0. The lowest BCUT2D eigenvalue weighted by molar-refractivity contribution is -0.384. The molecule has 0 bridgehead atoms. The van der Waals surface area contributed by atoms with Crippen LogP contribution in [0.15, 0.2) is 12.3 Å². The van der Waals surface area contributed by atoms with Gasteiger partial charge in [0.25, 0.3) is 11.6 Å². The second-order valence-electron chi connectivity index (χ2n) is 3.09. The van der Waals surface area contributed by atoms with Crippen molar-refractivity contribution in [3.05, 3.63) is 28.1 Å². The average Bonchev–Trinajstić information content (AvgIpc) is 2.74. The number of carbonyl (C=O) groups is 2. The zero-order chi connectivity index (χ0) is 13.0. The fraction of sp³-hybridized carbons (Fsp3) is 0.250. The number of aromatic nitrogens is 1. The van der Waals surface area contributed by atoms with Gasteiger partial charge in [-0.3, -0.25) is 14.9 Å². The van der Waals surface area contributed by atoms with Crippen molar-refractivity contribution in [2.24, 2.45) is 0 Å². The number of aromatic amines is 1. The number of carbonyl (C=O) groups excluding carboxylic acids is 1. The third-order valence-corrected chi connectivity index (χ3v) is 1.86. The molecule has 0 fully saturated rings. The highest BCUT2D eigenvalue weighted by Crippen LogP contribution is 2.11. The first-order chi connectivity index (χ1) is 7.91. The van der Waals surface area contributed by atoms with Crippen molar-refractivity contribution in [2.75, 3.05) is 6.54 Å². The van der Waals surface area contributed by atoms with E-state index in [1.165, 1.54) is 0 Å². The van der Waals surface area contributed by atoms with E-state index in [1.54, 1.807) is 0 Å². The van der Waals surface area contributed by atoms with Crippen LogP contribution in [0, 0.1) is 10.1 Å². The molecule has 0 spiro atoms. The van der Waals surface area contributed by atoms with Crippen molar-refractivity contribution in [1.82, 2.24) is 10.3 Å². The number of nitrogens with one attached hydrogen (secondary N) is 2. The van der Waals surface area contributed by atoms with Crippen LogP contribution in [0.25, 0.3) is 0 Å². The molecule has 0 saturated heterocycles. The van der Waals surface area contributed by atoms with E-state index in [9.17, 15) is 19.7 Å². The Balaban J connectivity index is 2.58. The molecule has 1 atom stereocenters. The molecule has 0 radical (unpaired) electrons. The largest absolute Gasteiger partial charge is 0.479 e. The van der Waals surface area contributed by atoms with Gasteiger partial charge in [-0.15, -0.1) is 0 Å². The topological polar surface area (TPSA) is 146 Å². The zero-order valence-corrected chi connectivity index (χ0v) is 8.41. The van der Waals surface area contributed by atoms with Crippen molar-refractivity contribution < 1.29 is 24.7 Å². The lowest BCUT2D eigenvalue weighted by atomic mass is 10.3. The fourth-order valence-electron chi connectivity index (χ4n) is 0.991. The molecule has 0 saturated carbocycles. The minimum atomic E-state index is -1.72. The Labute approximate surface area is 94.2 Å². The molecule has 9 heteroatoms. The average molecular weight is 243 g/mol. The maximum atomic E-state index is 11.3. The van der Waals surface area contributed by atoms with E-state index in [0.29, 0.717) is 0 Å². The Bertz CT molecular complexity index is 454. The monoisotopic (exact) mass is 243 g/mol. The molecule has 0 aliphatic heterocycles. The van der Waals surface area contributed by atoms with Gasteiger partial charge in [0.05, 0.1) is 17.7 Å². The molecule has 4 N–H and O–H groups in total. The molecule has 1 heterocycles. The van der Waals surface area contributed by atoms with E-state index in [-0.39, 0.29) is 11.4 Å². The van der Waals surface area contributed by atoms with Gasteiger partial charge >= 0.3 is 5.97 Å². The Kier molecular flexibility index (Phi) is 3.78. The maximum absolute atomic E-state index is 11.3. The Morgan fingerprint density at radius 2 is 2.24 bits per heavy atom. The molecule has 17 heavy (non-hydrogen) atoms. The van der Waals surface area contributed by atoms with Crippen LogP contribution in [-0.2, 0) is 4.79 Å². The predicted octanol–water partition coefficient (Wildman–Crippen LogP) is -0.902. The highest BCUT2D eigenvalue weighted by Gasteiger charge is 2.17. The highest BCUT2D eigenvalue weighted by atomic mass is 16.6. The van der Waals surface area contributed by atoms with Gasteiger partial charge in [0.1, 0.15) is 5.69 Å². The summed E-state index contributed by atoms with van der Waals surface area (Å²) in [5.74, 6) is -2.21. The van der Waals surface area contributed by atoms with Gasteiger partial charge in [-0.05, 0) is 0 Å². The second kappa shape index (κ2) is 5.07. The molecular formula is C8H9N3O6. The molecule has 1 aromatic heterocycles. The first kappa shape index (κ1) is 12.6. The molecule has 1 amide bonds. The van der Waals surface area contributed by atoms with Crippen molar-refractivity contribution in [1.29, 1.82) is 0 Å². The number of rotatable bonds is 5. The number of carboxylic acids is 1. The SMILES string of the molecule is O=C(NC[C@H](O)C(=O)O)c1cc([N+](=O)[O-])c[nH]1. The van der Waals surface area contributed by atoms with Crippen LogP contribution in [-0.4, -0.2) is 44.6 Å². The molecule has 0 aliphatic rings. The third kappa shape index (κ3) is 3.28. The normalized spacial score (nSPS) is 11.8. The van der Waals surface area contributed by atoms with Crippen LogP contribution in [0.3, 0.4) is 0 Å². The summed E-state index contributed by atoms with van der Waals surface area (Å²) >= 11 is 0. The number of H-pyrrole nitrogens is 1. The number of aliphatic carboxylic acids is 1. The Morgan fingerprint density at radius 1 is 1.59 bits per heavy atom. The van der Waals surface area contributed by atoms with Crippen molar-refractivity contribution in [3.8, 4) is 0 Å². The van der Waals surface area contributed by atoms with E-state index in [1.807, 2.05) is 0 Å². The van der Waals surface area contributed by atoms with Gasteiger partial charge < -0.3 is 20.5 Å². The fourth-order valence-corrected chi connectivity index (χ4v) is 0.991. The third-order valence-electron chi connectivity index (χ3n) is 1.86. The van der Waals surface area contributed by atoms with Gasteiger partial charge in [-0.2, -0.15) is 0 Å². The molecule has 0 aliphatic carbocycles. The van der Waals surface area contributed by atoms with Crippen molar-refractivity contribution >= 4 is 17.6 Å². The summed E-state index contributed by atoms with van der Waals surface area (Å²) in [5, 5.41) is 29.7. The number of carboxylic acid groups (broad SMARTS) is 1. The van der Waals surface area contributed by atoms with E-state index in [4.69, 9.17) is 10.2 Å². The quantitative estimate of drug-likeness (QED) is 0.389. The van der Waals surface area contributed by atoms with E-state index in [0.717, 1.165) is 12.3 Å². The summed E-state index contributed by atoms with van der Waals surface area (Å²) in [4.78, 5) is 33.6. The minimum absolute atomic E-state index is 0.0886. The molecular weight excluding hydrogens is 234 g/mol. The van der Waals surface area contributed by atoms with Gasteiger partial charge in [0.15, 0.2) is 6.10 Å². The van der Waals surface area contributed by atoms with Crippen LogP contribution in [0.5, 0.6) is 0 Å². The van der Waals surface area contributed by atoms with Crippen LogP contribution in [0.1, 0.15) is 10.5 Å². The summed E-state index contributed by atoms with van der Waals surface area (Å²) in [6.45, 7) is -0.485. The smallest absolute Gasteiger partial charge is 0.334 e. The Hall–Kier alpha value is -2.42. The lowest BCUT2D eigenvalue weighted by Gasteiger charge is -2.06. The number of nitro groups is 1. The van der Waals surface area contributed by atoms with Gasteiger partial charge in [0.2, 0.25) is 0 Å². The minimum Gasteiger partial charge on any atom is -0.479 e. The summed E-state index contributed by atoms with van der Waals surface area (Å²) in [7, 11) is 0. The number of amides is 1. The standard InChI is InChI=1S/C8H9N3O6/c12-6(8(14)15)3-10-7(13)5-1-4(2-9-5)11(16)17/h1-2,6,9,12H,3H2,(H,10,13)(H,14,15)/t6-/m0/s1. The van der Waals surface area contributed by atoms with Crippen LogP contribution in [0.4, 0.5) is 5.69 Å². The van der Waals surface area contributed by atoms with Gasteiger partial charge in [-0.1, -0.05) is 0 Å². The molecule has 1 aromatic rings. The maximum Gasteiger partial charge on any atom is 0.334 e. The number of hydrogen-bond acceptors (Lipinski definition) is 5. The first-order valence-corrected chi connectivity index (χ1v) is 4.43. The van der Waals surface area contributed by atoms with Crippen LogP contribution < -0.4 is 5.32 Å². The van der Waals surface area contributed by atoms with Gasteiger partial charge in [-0.25, -0.2) is 4.79 Å². The van der Waals surface area contributed by atoms with Crippen molar-refractivity contribution in [2.45, 2.75) is 6.10 Å². The number of hydrogen-bond donors (Lipinski definition) is 4. The van der Waals surface area contributed by atoms with E-state index < -0.39 is 29.4 Å². The summed E-state index contributed by atoms with van der Waals surface area (Å²) in [6, 6.07) is 1.00. The van der Waals surface area contributed by atoms with Crippen LogP contribution >= 0.6 is 0 Å². The second-order valence-corrected chi connectivity index (χ2v) is 3.09. The van der Waals surface area contributed by atoms with Gasteiger partial charge in [0, 0.05) is 6.07 Å². The molecule has 9 nitrogen and oxygen atoms in total. The molecule has 0 aromatic carbocycles. The predicted molar refractivity (Wildman–Crippen MR) is 53.4 cm³/mol. The number of nitrogens with zero attached hydrogens (tertiary/aromatic N) is 1. The van der Waals surface area contributed by atoms with E-state index >= 15 is 0 Å². The molecule has 1 rings (SSSR count). The summed E-state index contributed by atoms with van der Waals surface area (Å²) in [5.41, 5.74) is -0.372. The van der Waals surface area contributed by atoms with E-state index in [2.05, 4.69) is 10.3 Å². The summed E-state index contributed by atoms with van der Waals surface area (Å²) in [6.07, 6.45) is -0.688.